The van der Waals surface area contributed by atoms with Crippen molar-refractivity contribution in [2.75, 3.05) is 12.4 Å². The molecule has 0 saturated heterocycles. The summed E-state index contributed by atoms with van der Waals surface area (Å²) in [6.45, 7) is 2.13. The minimum Gasteiger partial charge on any atom is -0.495 e. The van der Waals surface area contributed by atoms with Gasteiger partial charge in [-0.05, 0) is 43.7 Å². The Bertz CT molecular complexity index is 858. The summed E-state index contributed by atoms with van der Waals surface area (Å²) in [6, 6.07) is 7.12. The summed E-state index contributed by atoms with van der Waals surface area (Å²) in [5.41, 5.74) is 0.567. The zero-order valence-corrected chi connectivity index (χ0v) is 18.3. The third-order valence-electron chi connectivity index (χ3n) is 5.69. The minimum absolute atomic E-state index is 0.0492. The average Bonchev–Trinajstić information content (AvgIpc) is 3.23. The van der Waals surface area contributed by atoms with Crippen molar-refractivity contribution in [3.8, 4) is 5.75 Å². The van der Waals surface area contributed by atoms with E-state index in [1.165, 1.54) is 26.4 Å². The molecule has 1 fully saturated rings. The second-order valence-electron chi connectivity index (χ2n) is 8.00. The van der Waals surface area contributed by atoms with Crippen LogP contribution in [0.15, 0.2) is 28.8 Å². The maximum atomic E-state index is 12.4. The number of para-hydroxylation sites is 2. The Morgan fingerprint density at radius 1 is 1.19 bits per heavy atom. The molecule has 8 heteroatoms. The van der Waals surface area contributed by atoms with E-state index in [0.717, 1.165) is 31.6 Å². The van der Waals surface area contributed by atoms with Gasteiger partial charge in [0.05, 0.1) is 25.1 Å². The molecule has 1 saturated carbocycles. The standard InChI is InChI=1S/C23H31N3O5/c1-3-4-7-16-10-12-17(13-11-16)23(28)30-15-22-25-20(26-31-22)14-21(27)24-18-8-5-6-9-19(18)29-2/h5-6,8-9,16-17H,3-4,7,10-15H2,1-2H3,(H,24,27). The third kappa shape index (κ3) is 6.80. The lowest BCUT2D eigenvalue weighted by molar-refractivity contribution is -0.152. The Morgan fingerprint density at radius 2 is 1.97 bits per heavy atom. The zero-order valence-electron chi connectivity index (χ0n) is 18.3. The van der Waals surface area contributed by atoms with Gasteiger partial charge in [0, 0.05) is 0 Å². The molecule has 1 amide bonds. The Balaban J connectivity index is 1.42. The van der Waals surface area contributed by atoms with Crippen LogP contribution in [0.3, 0.4) is 0 Å². The predicted molar refractivity (Wildman–Crippen MR) is 114 cm³/mol. The summed E-state index contributed by atoms with van der Waals surface area (Å²) in [7, 11) is 1.54. The Labute approximate surface area is 182 Å². The van der Waals surface area contributed by atoms with Gasteiger partial charge in [-0.3, -0.25) is 9.59 Å². The van der Waals surface area contributed by atoms with Gasteiger partial charge in [0.1, 0.15) is 5.75 Å². The number of hydrogen-bond acceptors (Lipinski definition) is 7. The molecule has 0 radical (unpaired) electrons. The van der Waals surface area contributed by atoms with Crippen LogP contribution in [0.4, 0.5) is 5.69 Å². The van der Waals surface area contributed by atoms with Gasteiger partial charge < -0.3 is 19.3 Å². The first-order valence-electron chi connectivity index (χ1n) is 11.0. The molecule has 3 rings (SSSR count). The number of nitrogens with one attached hydrogen (secondary N) is 1. The van der Waals surface area contributed by atoms with Crippen LogP contribution >= 0.6 is 0 Å². The van der Waals surface area contributed by atoms with E-state index in [2.05, 4.69) is 22.4 Å². The van der Waals surface area contributed by atoms with Crippen molar-refractivity contribution >= 4 is 17.6 Å². The SMILES string of the molecule is CCCCC1CCC(C(=O)OCc2nc(CC(=O)Nc3ccccc3OC)no2)CC1. The van der Waals surface area contributed by atoms with Crippen LogP contribution < -0.4 is 10.1 Å². The minimum atomic E-state index is -0.298. The number of anilines is 1. The first kappa shape index (κ1) is 22.8. The highest BCUT2D eigenvalue weighted by Crippen LogP contribution is 2.32. The Hall–Kier alpha value is -2.90. The fourth-order valence-corrected chi connectivity index (χ4v) is 3.94. The topological polar surface area (TPSA) is 104 Å². The molecule has 0 spiro atoms. The van der Waals surface area contributed by atoms with Crippen LogP contribution in [0.2, 0.25) is 0 Å². The van der Waals surface area contributed by atoms with Crippen molar-refractivity contribution in [3.63, 3.8) is 0 Å². The zero-order chi connectivity index (χ0) is 22.1. The molecule has 0 bridgehead atoms. The lowest BCUT2D eigenvalue weighted by Crippen LogP contribution is -2.23. The number of benzene rings is 1. The van der Waals surface area contributed by atoms with E-state index in [-0.39, 0.29) is 42.5 Å². The van der Waals surface area contributed by atoms with E-state index < -0.39 is 0 Å². The van der Waals surface area contributed by atoms with Gasteiger partial charge in [-0.15, -0.1) is 0 Å². The van der Waals surface area contributed by atoms with Crippen LogP contribution in [0, 0.1) is 11.8 Å². The molecule has 1 aliphatic rings. The monoisotopic (exact) mass is 429 g/mol. The van der Waals surface area contributed by atoms with Gasteiger partial charge in [-0.25, -0.2) is 0 Å². The maximum Gasteiger partial charge on any atom is 0.309 e. The molecule has 2 aromatic rings. The third-order valence-corrected chi connectivity index (χ3v) is 5.69. The number of aromatic nitrogens is 2. The van der Waals surface area contributed by atoms with E-state index >= 15 is 0 Å². The first-order chi connectivity index (χ1) is 15.1. The van der Waals surface area contributed by atoms with Crippen LogP contribution in [-0.4, -0.2) is 29.1 Å². The van der Waals surface area contributed by atoms with E-state index in [1.807, 2.05) is 6.07 Å². The summed E-state index contributed by atoms with van der Waals surface area (Å²) in [5.74, 6) is 1.17. The highest BCUT2D eigenvalue weighted by Gasteiger charge is 2.27. The van der Waals surface area contributed by atoms with Gasteiger partial charge >= 0.3 is 5.97 Å². The molecule has 8 nitrogen and oxygen atoms in total. The van der Waals surface area contributed by atoms with Crippen LogP contribution in [0.1, 0.15) is 63.6 Å². The van der Waals surface area contributed by atoms with Crippen LogP contribution in [-0.2, 0) is 27.4 Å². The molecule has 168 valence electrons. The number of methoxy groups -OCH3 is 1. The van der Waals surface area contributed by atoms with Gasteiger partial charge in [0.2, 0.25) is 5.91 Å². The maximum absolute atomic E-state index is 12.4. The fraction of sp³-hybridized carbons (Fsp3) is 0.565. The molecule has 1 aliphatic carbocycles. The van der Waals surface area contributed by atoms with Crippen LogP contribution in [0.25, 0.3) is 0 Å². The number of carbonyl (C=O) groups is 2. The second-order valence-corrected chi connectivity index (χ2v) is 8.00. The number of unbranched alkanes of at least 4 members (excludes halogenated alkanes) is 1. The smallest absolute Gasteiger partial charge is 0.309 e. The highest BCUT2D eigenvalue weighted by molar-refractivity contribution is 5.93. The molecular formula is C23H31N3O5. The van der Waals surface area contributed by atoms with Gasteiger partial charge in [0.25, 0.3) is 5.89 Å². The van der Waals surface area contributed by atoms with Crippen molar-refractivity contribution in [3.05, 3.63) is 36.0 Å². The van der Waals surface area contributed by atoms with E-state index in [9.17, 15) is 9.59 Å². The van der Waals surface area contributed by atoms with Gasteiger partial charge in [-0.1, -0.05) is 43.5 Å². The highest BCUT2D eigenvalue weighted by atomic mass is 16.6. The largest absolute Gasteiger partial charge is 0.495 e. The van der Waals surface area contributed by atoms with E-state index in [1.54, 1.807) is 18.2 Å². The summed E-state index contributed by atoms with van der Waals surface area (Å²) >= 11 is 0. The summed E-state index contributed by atoms with van der Waals surface area (Å²) in [5, 5.41) is 6.56. The number of esters is 1. The van der Waals surface area contributed by atoms with Crippen molar-refractivity contribution in [1.82, 2.24) is 10.1 Å². The lowest BCUT2D eigenvalue weighted by atomic mass is 9.80. The van der Waals surface area contributed by atoms with Crippen LogP contribution in [0.5, 0.6) is 5.75 Å². The molecule has 1 aromatic carbocycles. The number of carbonyl (C=O) groups excluding carboxylic acids is 2. The number of amides is 1. The summed E-state index contributed by atoms with van der Waals surface area (Å²) in [4.78, 5) is 28.8. The molecule has 31 heavy (non-hydrogen) atoms. The van der Waals surface area contributed by atoms with Gasteiger partial charge in [-0.2, -0.15) is 4.98 Å². The number of ether oxygens (including phenoxy) is 2. The average molecular weight is 430 g/mol. The second kappa shape index (κ2) is 11.5. The molecule has 1 aromatic heterocycles. The van der Waals surface area contributed by atoms with E-state index in [0.29, 0.717) is 11.4 Å². The Kier molecular flexibility index (Phi) is 8.44. The quantitative estimate of drug-likeness (QED) is 0.562. The first-order valence-corrected chi connectivity index (χ1v) is 11.0. The molecular weight excluding hydrogens is 398 g/mol. The summed E-state index contributed by atoms with van der Waals surface area (Å²) < 4.78 is 15.7. The molecule has 0 unspecified atom stereocenters. The molecule has 1 N–H and O–H groups in total. The van der Waals surface area contributed by atoms with Crippen molar-refractivity contribution in [1.29, 1.82) is 0 Å². The molecule has 0 aliphatic heterocycles. The van der Waals surface area contributed by atoms with Crippen molar-refractivity contribution < 1.29 is 23.6 Å². The van der Waals surface area contributed by atoms with Crippen molar-refractivity contribution in [2.45, 2.75) is 64.9 Å². The predicted octanol–water partition coefficient (Wildman–Crippen LogP) is 4.30. The number of nitrogens with zero attached hydrogens (tertiary/aromatic N) is 2. The fourth-order valence-electron chi connectivity index (χ4n) is 3.94. The number of rotatable bonds is 10. The van der Waals surface area contributed by atoms with Gasteiger partial charge in [0.15, 0.2) is 12.4 Å². The van der Waals surface area contributed by atoms with Crippen molar-refractivity contribution in [2.24, 2.45) is 11.8 Å². The lowest BCUT2D eigenvalue weighted by Gasteiger charge is -2.26. The molecule has 0 atom stereocenters. The van der Waals surface area contributed by atoms with E-state index in [4.69, 9.17) is 14.0 Å². The number of hydrogen-bond donors (Lipinski definition) is 1. The summed E-state index contributed by atoms with van der Waals surface area (Å²) in [6.07, 6.45) is 7.62. The molecule has 1 heterocycles. The normalized spacial score (nSPS) is 18.4. The Morgan fingerprint density at radius 3 is 2.71 bits per heavy atom.